The number of rotatable bonds is 8. The molecule has 2 aliphatic heterocycles. The van der Waals surface area contributed by atoms with Crippen molar-refractivity contribution < 1.29 is 46.7 Å². The van der Waals surface area contributed by atoms with E-state index in [1.54, 1.807) is 0 Å². The van der Waals surface area contributed by atoms with E-state index in [1.807, 2.05) is 0 Å². The molecule has 2 aromatic carbocycles. The molecule has 2 saturated heterocycles. The van der Waals surface area contributed by atoms with Crippen LogP contribution in [0, 0.1) is 35.5 Å². The number of cyclic esters (lactones) is 4. The quantitative estimate of drug-likeness (QED) is 0.322. The van der Waals surface area contributed by atoms with Crippen molar-refractivity contribution in [1.29, 1.82) is 0 Å². The molecule has 0 aromatic heterocycles. The van der Waals surface area contributed by atoms with E-state index >= 15 is 0 Å². The lowest BCUT2D eigenvalue weighted by molar-refractivity contribution is -0.155. The van der Waals surface area contributed by atoms with Crippen molar-refractivity contribution in [3.8, 4) is 0 Å². The van der Waals surface area contributed by atoms with Crippen LogP contribution in [0.5, 0.6) is 0 Å². The Hall–Kier alpha value is -4.39. The Kier molecular flexibility index (Phi) is 8.29. The summed E-state index contributed by atoms with van der Waals surface area (Å²) in [4.78, 5) is 72.6. The van der Waals surface area contributed by atoms with Gasteiger partial charge in [-0.25, -0.2) is 8.42 Å². The molecule has 2 N–H and O–H groups in total. The first-order chi connectivity index (χ1) is 21.5. The van der Waals surface area contributed by atoms with Gasteiger partial charge in [-0.3, -0.25) is 28.8 Å². The van der Waals surface area contributed by atoms with Gasteiger partial charge in [-0.05, 0) is 98.9 Å². The number of ether oxygens (including phenoxy) is 2. The second kappa shape index (κ2) is 12.2. The van der Waals surface area contributed by atoms with Gasteiger partial charge < -0.3 is 20.1 Å². The summed E-state index contributed by atoms with van der Waals surface area (Å²) in [6.45, 7) is 0. The fourth-order valence-corrected chi connectivity index (χ4v) is 8.25. The van der Waals surface area contributed by atoms with Crippen molar-refractivity contribution in [2.75, 3.05) is 10.6 Å². The van der Waals surface area contributed by atoms with Crippen LogP contribution in [0.4, 0.5) is 11.4 Å². The molecule has 13 heteroatoms. The summed E-state index contributed by atoms with van der Waals surface area (Å²) in [5.41, 5.74) is 0.845. The molecule has 6 unspecified atom stereocenters. The van der Waals surface area contributed by atoms with Crippen LogP contribution in [0.25, 0.3) is 0 Å². The van der Waals surface area contributed by atoms with Crippen molar-refractivity contribution in [2.45, 2.75) is 61.2 Å². The summed E-state index contributed by atoms with van der Waals surface area (Å²) in [6, 6.07) is 11.6. The first-order valence-corrected chi connectivity index (χ1v) is 16.5. The molecule has 12 nitrogen and oxygen atoms in total. The van der Waals surface area contributed by atoms with Gasteiger partial charge in [-0.2, -0.15) is 0 Å². The van der Waals surface area contributed by atoms with E-state index in [-0.39, 0.29) is 46.3 Å². The van der Waals surface area contributed by atoms with Crippen molar-refractivity contribution in [2.24, 2.45) is 35.5 Å². The Morgan fingerprint density at radius 2 is 0.933 bits per heavy atom. The largest absolute Gasteiger partial charge is 0.393 e. The van der Waals surface area contributed by atoms with Crippen LogP contribution < -0.4 is 10.6 Å². The second-order valence-corrected chi connectivity index (χ2v) is 14.3. The molecule has 0 radical (unpaired) electrons. The number of esters is 4. The summed E-state index contributed by atoms with van der Waals surface area (Å²) in [5, 5.41) is 5.52. The Morgan fingerprint density at radius 3 is 1.31 bits per heavy atom. The number of hydrogen-bond acceptors (Lipinski definition) is 10. The van der Waals surface area contributed by atoms with Crippen molar-refractivity contribution in [1.82, 2.24) is 0 Å². The smallest absolute Gasteiger partial charge is 0.317 e. The maximum Gasteiger partial charge on any atom is 0.317 e. The first-order valence-electron chi connectivity index (χ1n) is 15.0. The molecule has 2 amide bonds. The number of carbonyl (C=O) groups excluding carboxylic acids is 6. The third kappa shape index (κ3) is 6.39. The normalized spacial score (nSPS) is 27.6. The monoisotopic (exact) mass is 636 g/mol. The van der Waals surface area contributed by atoms with Gasteiger partial charge in [0.15, 0.2) is 0 Å². The molecule has 2 heterocycles. The van der Waals surface area contributed by atoms with Crippen LogP contribution in [0.3, 0.4) is 0 Å². The van der Waals surface area contributed by atoms with E-state index in [9.17, 15) is 37.2 Å². The zero-order valence-electron chi connectivity index (χ0n) is 24.2. The van der Waals surface area contributed by atoms with Crippen LogP contribution in [-0.4, -0.2) is 44.1 Å². The SMILES string of the molecule is O=C(CC1CCC2C(=O)OC(=O)C2C1)Nc1ccc(S(=O)(=O)c2ccc(NC(=O)CC3CCC4C(=O)OC(=O)C4C3)cc2)cc1. The van der Waals surface area contributed by atoms with Gasteiger partial charge in [0.1, 0.15) is 0 Å². The maximum atomic E-state index is 13.2. The topological polar surface area (TPSA) is 179 Å². The molecule has 45 heavy (non-hydrogen) atoms. The number of amides is 2. The van der Waals surface area contributed by atoms with Crippen molar-refractivity contribution in [3.63, 3.8) is 0 Å². The molecular weight excluding hydrogens is 604 g/mol. The summed E-state index contributed by atoms with van der Waals surface area (Å²) in [6.07, 6.45) is 3.49. The molecule has 6 atom stereocenters. The number of anilines is 2. The van der Waals surface area contributed by atoms with Gasteiger partial charge >= 0.3 is 23.9 Å². The van der Waals surface area contributed by atoms with E-state index in [4.69, 9.17) is 9.47 Å². The average Bonchev–Trinajstić information content (AvgIpc) is 3.45. The van der Waals surface area contributed by atoms with Crippen molar-refractivity contribution in [3.05, 3.63) is 48.5 Å². The zero-order valence-corrected chi connectivity index (χ0v) is 25.0. The maximum absolute atomic E-state index is 13.2. The van der Waals surface area contributed by atoms with Crippen LogP contribution in [0.2, 0.25) is 0 Å². The Morgan fingerprint density at radius 1 is 0.578 bits per heavy atom. The standard InChI is InChI=1S/C32H32N2O10S/c35-27(15-17-1-11-23-25(13-17)31(39)43-29(23)37)33-19-3-7-21(8-4-19)45(41,42)22-9-5-20(6-10-22)34-28(36)16-18-2-12-24-26(14-18)32(40)44-30(24)38/h3-10,17-18,23-26H,1-2,11-16H2,(H,33,35)(H,34,36). The average molecular weight is 637 g/mol. The Balaban J connectivity index is 0.997. The van der Waals surface area contributed by atoms with E-state index < -0.39 is 57.4 Å². The third-order valence-corrected chi connectivity index (χ3v) is 11.2. The number of hydrogen-bond donors (Lipinski definition) is 2. The molecule has 2 aliphatic carbocycles. The molecule has 236 valence electrons. The molecule has 4 fully saturated rings. The van der Waals surface area contributed by atoms with Gasteiger partial charge in [0.2, 0.25) is 21.7 Å². The summed E-state index contributed by atoms with van der Waals surface area (Å²) < 4.78 is 35.9. The number of benzene rings is 2. The number of fused-ring (bicyclic) bond motifs is 2. The molecule has 6 rings (SSSR count). The predicted octanol–water partition coefficient (Wildman–Crippen LogP) is 3.41. The van der Waals surface area contributed by atoms with E-state index in [0.29, 0.717) is 49.9 Å². The fraction of sp³-hybridized carbons (Fsp3) is 0.438. The molecule has 2 saturated carbocycles. The minimum atomic E-state index is -3.88. The van der Waals surface area contributed by atoms with Crippen LogP contribution in [0.1, 0.15) is 51.4 Å². The Labute approximate surface area is 259 Å². The lowest BCUT2D eigenvalue weighted by Gasteiger charge is -2.27. The van der Waals surface area contributed by atoms with E-state index in [0.717, 1.165) is 0 Å². The highest BCUT2D eigenvalue weighted by atomic mass is 32.2. The number of carbonyl (C=O) groups is 6. The predicted molar refractivity (Wildman–Crippen MR) is 156 cm³/mol. The van der Waals surface area contributed by atoms with Gasteiger partial charge in [0, 0.05) is 24.2 Å². The van der Waals surface area contributed by atoms with Gasteiger partial charge in [0.25, 0.3) is 0 Å². The molecule has 0 spiro atoms. The fourth-order valence-electron chi connectivity index (χ4n) is 6.99. The lowest BCUT2D eigenvalue weighted by Crippen LogP contribution is -2.29. The van der Waals surface area contributed by atoms with Crippen LogP contribution >= 0.6 is 0 Å². The lowest BCUT2D eigenvalue weighted by atomic mass is 9.74. The molecule has 4 aliphatic rings. The summed E-state index contributed by atoms with van der Waals surface area (Å²) >= 11 is 0. The Bertz CT molecular complexity index is 1550. The highest BCUT2D eigenvalue weighted by molar-refractivity contribution is 7.91. The number of sulfone groups is 1. The van der Waals surface area contributed by atoms with Gasteiger partial charge in [-0.15, -0.1) is 0 Å². The minimum Gasteiger partial charge on any atom is -0.393 e. The summed E-state index contributed by atoms with van der Waals surface area (Å²) in [7, 11) is -3.88. The number of nitrogens with one attached hydrogen (secondary N) is 2. The second-order valence-electron chi connectivity index (χ2n) is 12.3. The highest BCUT2D eigenvalue weighted by Crippen LogP contribution is 2.42. The molecule has 0 bridgehead atoms. The minimum absolute atomic E-state index is 0.0274. The van der Waals surface area contributed by atoms with Crippen molar-refractivity contribution >= 4 is 56.9 Å². The molecular formula is C32H32N2O10S. The van der Waals surface area contributed by atoms with E-state index in [1.165, 1.54) is 48.5 Å². The first kappa shape index (κ1) is 30.6. The van der Waals surface area contributed by atoms with Crippen LogP contribution in [-0.2, 0) is 48.1 Å². The van der Waals surface area contributed by atoms with E-state index in [2.05, 4.69) is 10.6 Å². The zero-order chi connectivity index (χ0) is 31.9. The van der Waals surface area contributed by atoms with Crippen LogP contribution in [0.15, 0.2) is 58.3 Å². The van der Waals surface area contributed by atoms with Gasteiger partial charge in [-0.1, -0.05) is 0 Å². The summed E-state index contributed by atoms with van der Waals surface area (Å²) in [5.74, 6) is -4.44. The molecule has 2 aromatic rings. The highest BCUT2D eigenvalue weighted by Gasteiger charge is 2.48. The third-order valence-electron chi connectivity index (χ3n) is 9.38. The van der Waals surface area contributed by atoms with Gasteiger partial charge in [0.05, 0.1) is 33.5 Å².